The van der Waals surface area contributed by atoms with Gasteiger partial charge in [0.25, 0.3) is 0 Å². The predicted molar refractivity (Wildman–Crippen MR) is 114 cm³/mol. The first kappa shape index (κ1) is 19.8. The summed E-state index contributed by atoms with van der Waals surface area (Å²) in [6, 6.07) is 9.42. The van der Waals surface area contributed by atoms with E-state index in [0.717, 1.165) is 17.3 Å². The van der Waals surface area contributed by atoms with Gasteiger partial charge in [-0.05, 0) is 24.3 Å². The Morgan fingerprint density at radius 3 is 2.96 bits per heavy atom. The van der Waals surface area contributed by atoms with Crippen LogP contribution in [0.2, 0.25) is 0 Å². The molecule has 4 rings (SSSR count). The Morgan fingerprint density at radius 1 is 1.21 bits per heavy atom. The molecule has 0 radical (unpaired) electrons. The molecule has 0 saturated carbocycles. The topological polar surface area (TPSA) is 121 Å². The zero-order chi connectivity index (χ0) is 18.5. The number of aliphatic imine (C=N–C) groups is 1. The summed E-state index contributed by atoms with van der Waals surface area (Å²) in [5.41, 5.74) is 0.815. The van der Waals surface area contributed by atoms with Crippen molar-refractivity contribution < 1.29 is 4.42 Å². The minimum atomic E-state index is 0. The highest BCUT2D eigenvalue weighted by Crippen LogP contribution is 2.14. The number of pyridine rings is 1. The maximum absolute atomic E-state index is 5.29. The van der Waals surface area contributed by atoms with Crippen molar-refractivity contribution in [1.82, 2.24) is 40.4 Å². The van der Waals surface area contributed by atoms with Crippen molar-refractivity contribution >= 4 is 35.6 Å². The Morgan fingerprint density at radius 2 is 2.14 bits per heavy atom. The lowest BCUT2D eigenvalue weighted by Crippen LogP contribution is -2.38. The number of aromatic amines is 1. The van der Waals surface area contributed by atoms with E-state index in [1.807, 2.05) is 34.9 Å². The molecule has 0 spiro atoms. The van der Waals surface area contributed by atoms with Gasteiger partial charge in [0.1, 0.15) is 5.82 Å². The zero-order valence-corrected chi connectivity index (χ0v) is 17.5. The van der Waals surface area contributed by atoms with Crippen molar-refractivity contribution in [2.45, 2.75) is 13.0 Å². The van der Waals surface area contributed by atoms with Gasteiger partial charge in [-0.15, -0.1) is 34.2 Å². The van der Waals surface area contributed by atoms with Gasteiger partial charge in [-0.3, -0.25) is 14.5 Å². The summed E-state index contributed by atoms with van der Waals surface area (Å²) in [4.78, 5) is 8.63. The summed E-state index contributed by atoms with van der Waals surface area (Å²) in [6.07, 6.45) is 4.20. The van der Waals surface area contributed by atoms with E-state index in [2.05, 4.69) is 41.0 Å². The first-order chi connectivity index (χ1) is 13.3. The second-order valence-corrected chi connectivity index (χ2v) is 5.73. The van der Waals surface area contributed by atoms with E-state index in [4.69, 9.17) is 4.42 Å². The van der Waals surface area contributed by atoms with Crippen LogP contribution in [0.25, 0.3) is 17.2 Å². The number of fused-ring (bicyclic) bond motifs is 1. The normalized spacial score (nSPS) is 11.4. The summed E-state index contributed by atoms with van der Waals surface area (Å²) >= 11 is 0. The van der Waals surface area contributed by atoms with Crippen LogP contribution in [-0.4, -0.2) is 49.3 Å². The second kappa shape index (κ2) is 9.30. The van der Waals surface area contributed by atoms with Crippen molar-refractivity contribution in [2.24, 2.45) is 4.99 Å². The number of hydrogen-bond acceptors (Lipinski definition) is 6. The molecule has 0 fully saturated rings. The number of halogens is 1. The number of rotatable bonds is 6. The minimum Gasteiger partial charge on any atom is -0.461 e. The van der Waals surface area contributed by atoms with Crippen molar-refractivity contribution in [3.63, 3.8) is 0 Å². The number of hydrogen-bond donors (Lipinski definition) is 3. The summed E-state index contributed by atoms with van der Waals surface area (Å²) < 4.78 is 7.22. The van der Waals surface area contributed by atoms with Gasteiger partial charge in [0.05, 0.1) is 12.8 Å². The lowest BCUT2D eigenvalue weighted by atomic mass is 10.4. The zero-order valence-electron chi connectivity index (χ0n) is 15.2. The first-order valence-corrected chi connectivity index (χ1v) is 8.52. The number of guanidine groups is 1. The molecule has 11 heteroatoms. The average molecular weight is 493 g/mol. The van der Waals surface area contributed by atoms with Gasteiger partial charge in [0.2, 0.25) is 5.82 Å². The van der Waals surface area contributed by atoms with Crippen LogP contribution >= 0.6 is 24.0 Å². The van der Waals surface area contributed by atoms with Gasteiger partial charge in [-0.25, -0.2) is 4.98 Å². The largest absolute Gasteiger partial charge is 0.461 e. The van der Waals surface area contributed by atoms with E-state index < -0.39 is 0 Å². The summed E-state index contributed by atoms with van der Waals surface area (Å²) in [6.45, 7) is 1.16. The lowest BCUT2D eigenvalue weighted by molar-refractivity contribution is 0.577. The quantitative estimate of drug-likeness (QED) is 0.212. The molecule has 0 aliphatic heterocycles. The van der Waals surface area contributed by atoms with Crippen molar-refractivity contribution in [1.29, 1.82) is 0 Å². The molecule has 28 heavy (non-hydrogen) atoms. The summed E-state index contributed by atoms with van der Waals surface area (Å²) in [7, 11) is 1.72. The van der Waals surface area contributed by atoms with Crippen molar-refractivity contribution in [3.8, 4) is 11.6 Å². The van der Waals surface area contributed by atoms with Crippen molar-refractivity contribution in [2.75, 3.05) is 13.6 Å². The smallest absolute Gasteiger partial charge is 0.216 e. The van der Waals surface area contributed by atoms with E-state index in [1.165, 1.54) is 0 Å². The third-order valence-corrected chi connectivity index (χ3v) is 3.95. The molecule has 3 N–H and O–H groups in total. The number of aromatic nitrogens is 6. The lowest BCUT2D eigenvalue weighted by Gasteiger charge is -2.10. The third-order valence-electron chi connectivity index (χ3n) is 3.95. The molecule has 0 aliphatic carbocycles. The molecule has 0 unspecified atom stereocenters. The molecule has 0 bridgehead atoms. The monoisotopic (exact) mass is 493 g/mol. The SMILES string of the molecule is CN=C(NCCc1nc(-c2ccco2)n[nH]1)NCc1nnc2ccccn12.I. The van der Waals surface area contributed by atoms with E-state index in [-0.39, 0.29) is 24.0 Å². The Bertz CT molecular complexity index is 1040. The van der Waals surface area contributed by atoms with Crippen LogP contribution in [0.4, 0.5) is 0 Å². The van der Waals surface area contributed by atoms with E-state index in [9.17, 15) is 0 Å². The molecule has 4 heterocycles. The second-order valence-electron chi connectivity index (χ2n) is 5.73. The molecule has 0 amide bonds. The fourth-order valence-electron chi connectivity index (χ4n) is 2.62. The van der Waals surface area contributed by atoms with Gasteiger partial charge < -0.3 is 15.1 Å². The molecule has 10 nitrogen and oxygen atoms in total. The molecule has 0 aliphatic rings. The number of nitrogens with one attached hydrogen (secondary N) is 3. The summed E-state index contributed by atoms with van der Waals surface area (Å²) in [5.74, 6) is 3.45. The van der Waals surface area contributed by atoms with E-state index >= 15 is 0 Å². The standard InChI is InChI=1S/C17H19N9O.HI/c1-18-17(20-11-15-24-23-14-6-2-3-9-26(14)15)19-8-7-13-21-16(25-22-13)12-5-4-10-27-12;/h2-6,9-10H,7-8,11H2,1H3,(H2,18,19,20)(H,21,22,25);1H. The van der Waals surface area contributed by atoms with Gasteiger partial charge in [0, 0.05) is 26.2 Å². The maximum atomic E-state index is 5.29. The molecule has 4 aromatic heterocycles. The van der Waals surface area contributed by atoms with Gasteiger partial charge in [0.15, 0.2) is 23.2 Å². The van der Waals surface area contributed by atoms with Gasteiger partial charge in [-0.2, -0.15) is 5.10 Å². The van der Waals surface area contributed by atoms with Crippen molar-refractivity contribution in [3.05, 3.63) is 54.4 Å². The van der Waals surface area contributed by atoms with Crippen LogP contribution in [-0.2, 0) is 13.0 Å². The van der Waals surface area contributed by atoms with Crippen LogP contribution in [0.1, 0.15) is 11.6 Å². The molecule has 0 saturated heterocycles. The molecule has 146 valence electrons. The molecular formula is C17H20IN9O. The van der Waals surface area contributed by atoms with E-state index in [0.29, 0.717) is 37.1 Å². The highest BCUT2D eigenvalue weighted by Gasteiger charge is 2.09. The minimum absolute atomic E-state index is 0. The number of nitrogens with zero attached hydrogens (tertiary/aromatic N) is 6. The molecule has 4 aromatic rings. The fraction of sp³-hybridized carbons (Fsp3) is 0.235. The molecule has 0 atom stereocenters. The predicted octanol–water partition coefficient (Wildman–Crippen LogP) is 1.63. The molecular weight excluding hydrogens is 473 g/mol. The average Bonchev–Trinajstić information content (AvgIpc) is 3.45. The Kier molecular flexibility index (Phi) is 6.57. The fourth-order valence-corrected chi connectivity index (χ4v) is 2.62. The van der Waals surface area contributed by atoms with Crippen LogP contribution in [0.15, 0.2) is 52.2 Å². The van der Waals surface area contributed by atoms with Gasteiger partial charge in [-0.1, -0.05) is 6.07 Å². The Labute approximate surface area is 177 Å². The first-order valence-electron chi connectivity index (χ1n) is 8.52. The number of H-pyrrole nitrogens is 1. The van der Waals surface area contributed by atoms with E-state index in [1.54, 1.807) is 19.4 Å². The highest BCUT2D eigenvalue weighted by molar-refractivity contribution is 14.0. The highest BCUT2D eigenvalue weighted by atomic mass is 127. The Balaban J connectivity index is 0.00000225. The van der Waals surface area contributed by atoms with Crippen LogP contribution in [0, 0.1) is 0 Å². The Hall–Kier alpha value is -2.96. The number of furan rings is 1. The maximum Gasteiger partial charge on any atom is 0.216 e. The summed E-state index contributed by atoms with van der Waals surface area (Å²) in [5, 5.41) is 21.9. The third kappa shape index (κ3) is 4.47. The van der Waals surface area contributed by atoms with Gasteiger partial charge >= 0.3 is 0 Å². The van der Waals surface area contributed by atoms with Crippen LogP contribution < -0.4 is 10.6 Å². The molecule has 0 aromatic carbocycles. The van der Waals surface area contributed by atoms with Crippen LogP contribution in [0.5, 0.6) is 0 Å². The van der Waals surface area contributed by atoms with Crippen LogP contribution in [0.3, 0.4) is 0 Å².